The van der Waals surface area contributed by atoms with Crippen molar-refractivity contribution < 1.29 is 8.78 Å². The summed E-state index contributed by atoms with van der Waals surface area (Å²) in [5.74, 6) is -0.491. The number of benzene rings is 2. The van der Waals surface area contributed by atoms with Crippen LogP contribution in [0.4, 0.5) is 20.2 Å². The van der Waals surface area contributed by atoms with Gasteiger partial charge in [-0.1, -0.05) is 0 Å². The molecular formula is C14H14F2N2. The molecule has 0 atom stereocenters. The largest absolute Gasteiger partial charge is 0.383 e. The quantitative estimate of drug-likeness (QED) is 0.791. The van der Waals surface area contributed by atoms with Crippen molar-refractivity contribution in [1.82, 2.24) is 0 Å². The Morgan fingerprint density at radius 2 is 0.944 bits per heavy atom. The second kappa shape index (κ2) is 6.00. The third-order valence-electron chi connectivity index (χ3n) is 2.47. The molecule has 2 rings (SSSR count). The lowest BCUT2D eigenvalue weighted by Gasteiger charge is -2.08. The Morgan fingerprint density at radius 1 is 0.611 bits per heavy atom. The van der Waals surface area contributed by atoms with E-state index in [1.807, 2.05) is 0 Å². The summed E-state index contributed by atoms with van der Waals surface area (Å²) in [4.78, 5) is 0. The molecule has 0 spiro atoms. The summed E-state index contributed by atoms with van der Waals surface area (Å²) in [7, 11) is 0. The third kappa shape index (κ3) is 3.73. The molecule has 0 radical (unpaired) electrons. The van der Waals surface area contributed by atoms with Crippen molar-refractivity contribution in [1.29, 1.82) is 0 Å². The Morgan fingerprint density at radius 3 is 1.28 bits per heavy atom. The van der Waals surface area contributed by atoms with E-state index in [2.05, 4.69) is 10.6 Å². The van der Waals surface area contributed by atoms with Crippen LogP contribution < -0.4 is 10.6 Å². The molecule has 2 aromatic carbocycles. The number of rotatable bonds is 5. The van der Waals surface area contributed by atoms with E-state index >= 15 is 0 Å². The van der Waals surface area contributed by atoms with Crippen LogP contribution in [0.15, 0.2) is 48.5 Å². The maximum Gasteiger partial charge on any atom is 0.123 e. The van der Waals surface area contributed by atoms with Gasteiger partial charge in [-0.15, -0.1) is 0 Å². The van der Waals surface area contributed by atoms with Crippen LogP contribution in [0.3, 0.4) is 0 Å². The Balaban J connectivity index is 1.73. The van der Waals surface area contributed by atoms with Crippen LogP contribution in [0.1, 0.15) is 0 Å². The number of hydrogen-bond acceptors (Lipinski definition) is 2. The van der Waals surface area contributed by atoms with Gasteiger partial charge in [-0.3, -0.25) is 0 Å². The SMILES string of the molecule is Fc1ccc(NCCNc2ccc(F)cc2)cc1. The van der Waals surface area contributed by atoms with Crippen LogP contribution in [-0.4, -0.2) is 13.1 Å². The van der Waals surface area contributed by atoms with E-state index in [-0.39, 0.29) is 11.6 Å². The average Bonchev–Trinajstić information content (AvgIpc) is 2.39. The molecule has 0 aromatic heterocycles. The first-order chi connectivity index (χ1) is 8.74. The summed E-state index contributed by atoms with van der Waals surface area (Å²) < 4.78 is 25.3. The third-order valence-corrected chi connectivity index (χ3v) is 2.47. The molecule has 4 heteroatoms. The van der Waals surface area contributed by atoms with E-state index in [0.29, 0.717) is 13.1 Å². The van der Waals surface area contributed by atoms with Crippen molar-refractivity contribution in [3.8, 4) is 0 Å². The van der Waals surface area contributed by atoms with E-state index in [1.54, 1.807) is 24.3 Å². The van der Waals surface area contributed by atoms with Crippen LogP contribution in [0.5, 0.6) is 0 Å². The normalized spacial score (nSPS) is 10.1. The second-order valence-electron chi connectivity index (χ2n) is 3.87. The van der Waals surface area contributed by atoms with Crippen molar-refractivity contribution in [3.63, 3.8) is 0 Å². The zero-order valence-corrected chi connectivity index (χ0v) is 9.79. The fraction of sp³-hybridized carbons (Fsp3) is 0.143. The first kappa shape index (κ1) is 12.4. The molecule has 18 heavy (non-hydrogen) atoms. The van der Waals surface area contributed by atoms with Gasteiger partial charge in [0.25, 0.3) is 0 Å². The summed E-state index contributed by atoms with van der Waals surface area (Å²) in [6, 6.07) is 12.4. The summed E-state index contributed by atoms with van der Waals surface area (Å²) in [6.07, 6.45) is 0. The van der Waals surface area contributed by atoms with Gasteiger partial charge in [0.05, 0.1) is 0 Å². The van der Waals surface area contributed by atoms with Crippen LogP contribution >= 0.6 is 0 Å². The van der Waals surface area contributed by atoms with Crippen LogP contribution in [0.2, 0.25) is 0 Å². The van der Waals surface area contributed by atoms with Crippen molar-refractivity contribution in [3.05, 3.63) is 60.2 Å². The Labute approximate surface area is 105 Å². The smallest absolute Gasteiger partial charge is 0.123 e. The number of nitrogens with one attached hydrogen (secondary N) is 2. The summed E-state index contributed by atoms with van der Waals surface area (Å²) in [5, 5.41) is 6.30. The van der Waals surface area contributed by atoms with Crippen LogP contribution in [-0.2, 0) is 0 Å². The second-order valence-corrected chi connectivity index (χ2v) is 3.87. The molecular weight excluding hydrogens is 234 g/mol. The van der Waals surface area contributed by atoms with Gasteiger partial charge in [-0.2, -0.15) is 0 Å². The zero-order chi connectivity index (χ0) is 12.8. The van der Waals surface area contributed by atoms with E-state index in [1.165, 1.54) is 24.3 Å². The zero-order valence-electron chi connectivity index (χ0n) is 9.79. The van der Waals surface area contributed by atoms with Crippen molar-refractivity contribution in [2.75, 3.05) is 23.7 Å². The number of hydrogen-bond donors (Lipinski definition) is 2. The average molecular weight is 248 g/mol. The molecule has 0 aliphatic heterocycles. The molecule has 2 N–H and O–H groups in total. The number of halogens is 2. The van der Waals surface area contributed by atoms with Crippen molar-refractivity contribution in [2.24, 2.45) is 0 Å². The van der Waals surface area contributed by atoms with Crippen LogP contribution in [0.25, 0.3) is 0 Å². The van der Waals surface area contributed by atoms with Crippen molar-refractivity contribution in [2.45, 2.75) is 0 Å². The maximum absolute atomic E-state index is 12.7. The Hall–Kier alpha value is -2.10. The van der Waals surface area contributed by atoms with E-state index in [0.717, 1.165) is 11.4 Å². The first-order valence-corrected chi connectivity index (χ1v) is 5.73. The predicted octanol–water partition coefficient (Wildman–Crippen LogP) is 3.49. The molecule has 0 saturated heterocycles. The molecule has 0 bridgehead atoms. The van der Waals surface area contributed by atoms with Gasteiger partial charge in [0.2, 0.25) is 0 Å². The molecule has 2 aromatic rings. The summed E-state index contributed by atoms with van der Waals surface area (Å²) in [5.41, 5.74) is 1.75. The minimum absolute atomic E-state index is 0.245. The van der Waals surface area contributed by atoms with Gasteiger partial charge in [0.15, 0.2) is 0 Å². The highest BCUT2D eigenvalue weighted by atomic mass is 19.1. The molecule has 0 heterocycles. The Kier molecular flexibility index (Phi) is 4.12. The van der Waals surface area contributed by atoms with Gasteiger partial charge < -0.3 is 10.6 Å². The van der Waals surface area contributed by atoms with Gasteiger partial charge >= 0.3 is 0 Å². The van der Waals surface area contributed by atoms with Gasteiger partial charge in [-0.25, -0.2) is 8.78 Å². The lowest BCUT2D eigenvalue weighted by atomic mass is 10.3. The lowest BCUT2D eigenvalue weighted by Crippen LogP contribution is -2.13. The molecule has 0 aliphatic carbocycles. The highest BCUT2D eigenvalue weighted by Crippen LogP contribution is 2.09. The standard InChI is InChI=1S/C14H14F2N2/c15-11-1-5-13(6-2-11)17-9-10-18-14-7-3-12(16)4-8-14/h1-8,17-18H,9-10H2. The van der Waals surface area contributed by atoms with Crippen LogP contribution in [0, 0.1) is 11.6 Å². The highest BCUT2D eigenvalue weighted by molar-refractivity contribution is 5.45. The molecule has 0 aliphatic rings. The minimum atomic E-state index is -0.245. The molecule has 0 unspecified atom stereocenters. The predicted molar refractivity (Wildman–Crippen MR) is 69.8 cm³/mol. The summed E-state index contributed by atoms with van der Waals surface area (Å²) in [6.45, 7) is 1.39. The van der Waals surface area contributed by atoms with E-state index in [9.17, 15) is 8.78 Å². The maximum atomic E-state index is 12.7. The Bertz CT molecular complexity index is 433. The fourth-order valence-electron chi connectivity index (χ4n) is 1.55. The first-order valence-electron chi connectivity index (χ1n) is 5.73. The highest BCUT2D eigenvalue weighted by Gasteiger charge is 1.94. The minimum Gasteiger partial charge on any atom is -0.383 e. The van der Waals surface area contributed by atoms with E-state index < -0.39 is 0 Å². The molecule has 0 amide bonds. The van der Waals surface area contributed by atoms with Crippen molar-refractivity contribution >= 4 is 11.4 Å². The lowest BCUT2D eigenvalue weighted by molar-refractivity contribution is 0.627. The molecule has 2 nitrogen and oxygen atoms in total. The molecule has 0 fully saturated rings. The van der Waals surface area contributed by atoms with Gasteiger partial charge in [0, 0.05) is 24.5 Å². The monoisotopic (exact) mass is 248 g/mol. The topological polar surface area (TPSA) is 24.1 Å². The van der Waals surface area contributed by atoms with E-state index in [4.69, 9.17) is 0 Å². The summed E-state index contributed by atoms with van der Waals surface area (Å²) >= 11 is 0. The molecule has 94 valence electrons. The fourth-order valence-corrected chi connectivity index (χ4v) is 1.55. The number of anilines is 2. The molecule has 0 saturated carbocycles. The van der Waals surface area contributed by atoms with Gasteiger partial charge in [0.1, 0.15) is 11.6 Å². The van der Waals surface area contributed by atoms with Gasteiger partial charge in [-0.05, 0) is 48.5 Å².